The zero-order valence-corrected chi connectivity index (χ0v) is 15.3. The Morgan fingerprint density at radius 3 is 2.23 bits per heavy atom. The summed E-state index contributed by atoms with van der Waals surface area (Å²) in [7, 11) is 3.22. The Morgan fingerprint density at radius 1 is 0.769 bits per heavy atom. The van der Waals surface area contributed by atoms with Gasteiger partial charge in [0.25, 0.3) is 0 Å². The fourth-order valence-corrected chi connectivity index (χ4v) is 2.56. The predicted octanol–water partition coefficient (Wildman–Crippen LogP) is 4.60. The first-order chi connectivity index (χ1) is 12.6. The lowest BCUT2D eigenvalue weighted by molar-refractivity contribution is 0.355. The van der Waals surface area contributed by atoms with E-state index in [-0.39, 0.29) is 0 Å². The first-order valence-corrected chi connectivity index (χ1v) is 8.24. The molecule has 0 saturated heterocycles. The number of methoxy groups -OCH3 is 2. The van der Waals surface area contributed by atoms with E-state index in [9.17, 15) is 0 Å². The van der Waals surface area contributed by atoms with Crippen molar-refractivity contribution in [3.05, 3.63) is 59.9 Å². The minimum absolute atomic E-state index is 0.653. The maximum Gasteiger partial charge on any atom is 0.162 e. The van der Waals surface area contributed by atoms with Crippen molar-refractivity contribution in [3.63, 3.8) is 0 Å². The van der Waals surface area contributed by atoms with Gasteiger partial charge >= 0.3 is 0 Å². The summed E-state index contributed by atoms with van der Waals surface area (Å²) in [6.07, 6.45) is 1.52. The molecule has 0 atom stereocenters. The van der Waals surface area contributed by atoms with Crippen LogP contribution >= 0.6 is 0 Å². The van der Waals surface area contributed by atoms with Crippen molar-refractivity contribution in [2.24, 2.45) is 0 Å². The van der Waals surface area contributed by atoms with Gasteiger partial charge < -0.3 is 20.1 Å². The summed E-state index contributed by atoms with van der Waals surface area (Å²) in [6, 6.07) is 13.7. The van der Waals surface area contributed by atoms with Crippen LogP contribution in [0.25, 0.3) is 0 Å². The summed E-state index contributed by atoms with van der Waals surface area (Å²) in [5.41, 5.74) is 4.22. The number of anilines is 4. The molecule has 1 aromatic heterocycles. The smallest absolute Gasteiger partial charge is 0.162 e. The third-order valence-electron chi connectivity index (χ3n) is 3.98. The highest BCUT2D eigenvalue weighted by Crippen LogP contribution is 2.31. The molecule has 6 nitrogen and oxygen atoms in total. The number of nitrogens with one attached hydrogen (secondary N) is 2. The Labute approximate surface area is 153 Å². The van der Waals surface area contributed by atoms with Gasteiger partial charge in [-0.15, -0.1) is 0 Å². The van der Waals surface area contributed by atoms with Gasteiger partial charge in [0.15, 0.2) is 11.5 Å². The standard InChI is InChI=1S/C20H22N4O2/c1-13-5-6-14(2)16(9-13)24-20-11-19(21-12-22-20)23-15-7-8-17(25-3)18(10-15)26-4/h5-12H,1-4H3,(H2,21,22,23,24). The van der Waals surface area contributed by atoms with Crippen LogP contribution in [0.1, 0.15) is 11.1 Å². The van der Waals surface area contributed by atoms with E-state index in [1.54, 1.807) is 14.2 Å². The summed E-state index contributed by atoms with van der Waals surface area (Å²) in [5, 5.41) is 6.60. The van der Waals surface area contributed by atoms with Crippen molar-refractivity contribution in [2.45, 2.75) is 13.8 Å². The quantitative estimate of drug-likeness (QED) is 0.677. The summed E-state index contributed by atoms with van der Waals surface area (Å²) < 4.78 is 10.6. The second-order valence-electron chi connectivity index (χ2n) is 5.93. The van der Waals surface area contributed by atoms with Crippen LogP contribution < -0.4 is 20.1 Å². The largest absolute Gasteiger partial charge is 0.493 e. The molecular formula is C20H22N4O2. The molecule has 2 aromatic carbocycles. The fourth-order valence-electron chi connectivity index (χ4n) is 2.56. The van der Waals surface area contributed by atoms with Crippen LogP contribution in [0.3, 0.4) is 0 Å². The highest BCUT2D eigenvalue weighted by atomic mass is 16.5. The van der Waals surface area contributed by atoms with E-state index in [0.29, 0.717) is 17.3 Å². The van der Waals surface area contributed by atoms with E-state index in [4.69, 9.17) is 9.47 Å². The van der Waals surface area contributed by atoms with Crippen LogP contribution in [0.2, 0.25) is 0 Å². The molecule has 3 rings (SSSR count). The van der Waals surface area contributed by atoms with Gasteiger partial charge in [-0.2, -0.15) is 0 Å². The molecule has 0 aliphatic heterocycles. The normalized spacial score (nSPS) is 10.3. The predicted molar refractivity (Wildman–Crippen MR) is 104 cm³/mol. The van der Waals surface area contributed by atoms with Crippen molar-refractivity contribution in [1.82, 2.24) is 9.97 Å². The zero-order chi connectivity index (χ0) is 18.5. The molecule has 26 heavy (non-hydrogen) atoms. The number of rotatable bonds is 6. The maximum absolute atomic E-state index is 5.33. The molecular weight excluding hydrogens is 328 g/mol. The van der Waals surface area contributed by atoms with Crippen molar-refractivity contribution in [2.75, 3.05) is 24.9 Å². The number of hydrogen-bond donors (Lipinski definition) is 2. The minimum Gasteiger partial charge on any atom is -0.493 e. The molecule has 134 valence electrons. The van der Waals surface area contributed by atoms with E-state index < -0.39 is 0 Å². The lowest BCUT2D eigenvalue weighted by atomic mass is 10.1. The van der Waals surface area contributed by atoms with Crippen molar-refractivity contribution >= 4 is 23.0 Å². The Bertz CT molecular complexity index is 912. The second-order valence-corrected chi connectivity index (χ2v) is 5.93. The van der Waals surface area contributed by atoms with E-state index in [2.05, 4.69) is 52.6 Å². The highest BCUT2D eigenvalue weighted by molar-refractivity contribution is 5.66. The first-order valence-electron chi connectivity index (χ1n) is 8.24. The van der Waals surface area contributed by atoms with Gasteiger partial charge in [-0.1, -0.05) is 12.1 Å². The SMILES string of the molecule is COc1ccc(Nc2cc(Nc3cc(C)ccc3C)ncn2)cc1OC. The van der Waals surface area contributed by atoms with Crippen molar-refractivity contribution in [1.29, 1.82) is 0 Å². The molecule has 1 heterocycles. The molecule has 0 radical (unpaired) electrons. The van der Waals surface area contributed by atoms with Gasteiger partial charge in [-0.05, 0) is 43.2 Å². The Hall–Kier alpha value is -3.28. The monoisotopic (exact) mass is 350 g/mol. The van der Waals surface area contributed by atoms with Gasteiger partial charge in [0.05, 0.1) is 14.2 Å². The molecule has 3 aromatic rings. The molecule has 0 fully saturated rings. The molecule has 0 amide bonds. The molecule has 2 N–H and O–H groups in total. The number of ether oxygens (including phenoxy) is 2. The Morgan fingerprint density at radius 2 is 1.50 bits per heavy atom. The van der Waals surface area contributed by atoms with Crippen LogP contribution in [0.15, 0.2) is 48.8 Å². The summed E-state index contributed by atoms with van der Waals surface area (Å²) in [5.74, 6) is 2.73. The summed E-state index contributed by atoms with van der Waals surface area (Å²) in [4.78, 5) is 8.58. The zero-order valence-electron chi connectivity index (χ0n) is 15.3. The Kier molecular flexibility index (Phi) is 5.22. The number of benzene rings is 2. The molecule has 0 unspecified atom stereocenters. The fraction of sp³-hybridized carbons (Fsp3) is 0.200. The molecule has 6 heteroatoms. The summed E-state index contributed by atoms with van der Waals surface area (Å²) in [6.45, 7) is 4.13. The molecule has 0 aliphatic carbocycles. The van der Waals surface area contributed by atoms with Crippen LogP contribution in [0.5, 0.6) is 11.5 Å². The summed E-state index contributed by atoms with van der Waals surface area (Å²) >= 11 is 0. The van der Waals surface area contributed by atoms with E-state index >= 15 is 0 Å². The van der Waals surface area contributed by atoms with Gasteiger partial charge in [-0.3, -0.25) is 0 Å². The van der Waals surface area contributed by atoms with Gasteiger partial charge in [0, 0.05) is 23.5 Å². The number of nitrogens with zero attached hydrogens (tertiary/aromatic N) is 2. The first kappa shape index (κ1) is 17.5. The maximum atomic E-state index is 5.33. The molecule has 0 aliphatic rings. The van der Waals surface area contributed by atoms with Crippen molar-refractivity contribution < 1.29 is 9.47 Å². The van der Waals surface area contributed by atoms with E-state index in [0.717, 1.165) is 22.8 Å². The molecule has 0 spiro atoms. The van der Waals surface area contributed by atoms with E-state index in [1.165, 1.54) is 11.9 Å². The number of aryl methyl sites for hydroxylation is 2. The average molecular weight is 350 g/mol. The molecule has 0 saturated carbocycles. The van der Waals surface area contributed by atoms with Crippen LogP contribution in [-0.2, 0) is 0 Å². The van der Waals surface area contributed by atoms with Crippen LogP contribution in [-0.4, -0.2) is 24.2 Å². The average Bonchev–Trinajstić information content (AvgIpc) is 2.65. The minimum atomic E-state index is 0.653. The van der Waals surface area contributed by atoms with Gasteiger partial charge in [0.2, 0.25) is 0 Å². The van der Waals surface area contributed by atoms with E-state index in [1.807, 2.05) is 24.3 Å². The van der Waals surface area contributed by atoms with Crippen LogP contribution in [0, 0.1) is 13.8 Å². The third kappa shape index (κ3) is 4.03. The van der Waals surface area contributed by atoms with Crippen molar-refractivity contribution in [3.8, 4) is 11.5 Å². The van der Waals surface area contributed by atoms with Gasteiger partial charge in [0.1, 0.15) is 18.0 Å². The lowest BCUT2D eigenvalue weighted by Gasteiger charge is -2.12. The lowest BCUT2D eigenvalue weighted by Crippen LogP contribution is -2.00. The molecule has 0 bridgehead atoms. The van der Waals surface area contributed by atoms with Crippen LogP contribution in [0.4, 0.5) is 23.0 Å². The second kappa shape index (κ2) is 7.74. The topological polar surface area (TPSA) is 68.3 Å². The number of aromatic nitrogens is 2. The highest BCUT2D eigenvalue weighted by Gasteiger charge is 2.07. The Balaban J connectivity index is 1.80. The van der Waals surface area contributed by atoms with Gasteiger partial charge in [-0.25, -0.2) is 9.97 Å². The number of hydrogen-bond acceptors (Lipinski definition) is 6. The third-order valence-corrected chi connectivity index (χ3v) is 3.98.